The number of amides is 2. The zero-order valence-corrected chi connectivity index (χ0v) is 20.0. The van der Waals surface area contributed by atoms with Gasteiger partial charge in [-0.05, 0) is 60.7 Å². The van der Waals surface area contributed by atoms with Crippen molar-refractivity contribution in [3.63, 3.8) is 0 Å². The Balaban J connectivity index is 1.27. The molecule has 1 saturated heterocycles. The molecule has 1 unspecified atom stereocenters. The van der Waals surface area contributed by atoms with E-state index in [-0.39, 0.29) is 16.4 Å². The molecule has 2 aromatic carbocycles. The first-order chi connectivity index (χ1) is 16.0. The van der Waals surface area contributed by atoms with Crippen molar-refractivity contribution in [1.82, 2.24) is 10.3 Å². The third-order valence-electron chi connectivity index (χ3n) is 5.41. The Kier molecular flexibility index (Phi) is 6.14. The number of aromatic nitrogens is 1. The van der Waals surface area contributed by atoms with Crippen molar-refractivity contribution >= 4 is 55.9 Å². The van der Waals surface area contributed by atoms with Crippen LogP contribution in [0.2, 0.25) is 5.02 Å². The number of rotatable bonds is 7. The predicted octanol–water partition coefficient (Wildman–Crippen LogP) is 6.03. The summed E-state index contributed by atoms with van der Waals surface area (Å²) in [7, 11) is 0. The lowest BCUT2D eigenvalue weighted by atomic mass is 10.1. The molecule has 0 aliphatic carbocycles. The lowest BCUT2D eigenvalue weighted by Crippen LogP contribution is -2.25. The fraction of sp³-hybridized carbons (Fsp3) is 0.208. The first kappa shape index (κ1) is 22.0. The van der Waals surface area contributed by atoms with Crippen LogP contribution in [0, 0.1) is 6.92 Å². The molecule has 1 atom stereocenters. The number of thiophene rings is 1. The van der Waals surface area contributed by atoms with Crippen LogP contribution >= 0.6 is 34.7 Å². The molecule has 0 bridgehead atoms. The van der Waals surface area contributed by atoms with Crippen LogP contribution in [0.15, 0.2) is 52.3 Å². The van der Waals surface area contributed by atoms with E-state index in [0.717, 1.165) is 50.2 Å². The van der Waals surface area contributed by atoms with Gasteiger partial charge < -0.3 is 9.15 Å². The maximum atomic E-state index is 11.9. The summed E-state index contributed by atoms with van der Waals surface area (Å²) in [6, 6.07) is 13.3. The number of nitrogens with zero attached hydrogens (tertiary/aromatic N) is 1. The van der Waals surface area contributed by atoms with Gasteiger partial charge in [0.25, 0.3) is 5.24 Å². The minimum atomic E-state index is -0.389. The molecule has 168 valence electrons. The Morgan fingerprint density at radius 1 is 1.15 bits per heavy atom. The molecule has 33 heavy (non-hydrogen) atoms. The maximum Gasteiger partial charge on any atom is 0.286 e. The van der Waals surface area contributed by atoms with Crippen molar-refractivity contribution in [2.75, 3.05) is 6.61 Å². The number of aryl methyl sites for hydroxylation is 1. The molecule has 5 rings (SSSR count). The molecule has 0 radical (unpaired) electrons. The number of thioether (sulfide) groups is 1. The van der Waals surface area contributed by atoms with E-state index < -0.39 is 0 Å². The van der Waals surface area contributed by atoms with Gasteiger partial charge in [-0.3, -0.25) is 14.9 Å². The average Bonchev–Trinajstić information content (AvgIpc) is 3.50. The van der Waals surface area contributed by atoms with E-state index in [0.29, 0.717) is 30.4 Å². The van der Waals surface area contributed by atoms with E-state index >= 15 is 0 Å². The van der Waals surface area contributed by atoms with Crippen molar-refractivity contribution in [3.8, 4) is 17.2 Å². The standard InChI is InChI=1S/C24H19ClN2O4S2/c1-13-18(26-23(31-13)14-2-5-16(25)6-3-14)8-10-30-19-7-4-15(21-17(19)9-11-32-21)12-20-22(28)27-24(29)33-20/h2-7,9,11,20H,8,10,12H2,1H3,(H,27,28,29). The molecule has 2 amide bonds. The molecular weight excluding hydrogens is 480 g/mol. The zero-order chi connectivity index (χ0) is 22.9. The largest absolute Gasteiger partial charge is 0.493 e. The van der Waals surface area contributed by atoms with Crippen LogP contribution in [0.4, 0.5) is 4.79 Å². The van der Waals surface area contributed by atoms with Gasteiger partial charge in [0.05, 0.1) is 17.6 Å². The first-order valence-electron chi connectivity index (χ1n) is 10.3. The number of imide groups is 1. The first-order valence-corrected chi connectivity index (χ1v) is 12.5. The number of carbonyl (C=O) groups is 2. The summed E-state index contributed by atoms with van der Waals surface area (Å²) in [6.07, 6.45) is 1.11. The number of benzene rings is 2. The Morgan fingerprint density at radius 2 is 1.97 bits per heavy atom. The lowest BCUT2D eigenvalue weighted by molar-refractivity contribution is -0.118. The van der Waals surface area contributed by atoms with Crippen LogP contribution in [-0.4, -0.2) is 28.0 Å². The van der Waals surface area contributed by atoms with Gasteiger partial charge in [-0.25, -0.2) is 4.98 Å². The second-order valence-corrected chi connectivity index (χ2v) is 10.1. The molecule has 3 heterocycles. The predicted molar refractivity (Wildman–Crippen MR) is 131 cm³/mol. The van der Waals surface area contributed by atoms with Crippen LogP contribution in [0.1, 0.15) is 17.0 Å². The van der Waals surface area contributed by atoms with Crippen molar-refractivity contribution in [3.05, 3.63) is 69.9 Å². The number of oxazole rings is 1. The van der Waals surface area contributed by atoms with E-state index in [1.807, 2.05) is 54.8 Å². The highest BCUT2D eigenvalue weighted by Gasteiger charge is 2.32. The summed E-state index contributed by atoms with van der Waals surface area (Å²) >= 11 is 8.61. The highest BCUT2D eigenvalue weighted by molar-refractivity contribution is 8.15. The van der Waals surface area contributed by atoms with E-state index in [1.165, 1.54) is 0 Å². The average molecular weight is 499 g/mol. The van der Waals surface area contributed by atoms with Gasteiger partial charge in [-0.1, -0.05) is 29.4 Å². The number of hydrogen-bond acceptors (Lipinski definition) is 7. The highest BCUT2D eigenvalue weighted by Crippen LogP contribution is 2.35. The van der Waals surface area contributed by atoms with Gasteiger partial charge in [-0.2, -0.15) is 0 Å². The zero-order valence-electron chi connectivity index (χ0n) is 17.6. The van der Waals surface area contributed by atoms with Crippen LogP contribution in [-0.2, 0) is 17.6 Å². The topological polar surface area (TPSA) is 81.4 Å². The number of hydrogen-bond donors (Lipinski definition) is 1. The lowest BCUT2D eigenvalue weighted by Gasteiger charge is -2.11. The van der Waals surface area contributed by atoms with Crippen LogP contribution in [0.25, 0.3) is 21.5 Å². The summed E-state index contributed by atoms with van der Waals surface area (Å²) in [6.45, 7) is 2.35. The number of nitrogens with one attached hydrogen (secondary N) is 1. The Labute approximate surface area is 203 Å². The molecule has 6 nitrogen and oxygen atoms in total. The molecule has 1 N–H and O–H groups in total. The summed E-state index contributed by atoms with van der Waals surface area (Å²) in [5.41, 5.74) is 2.77. The van der Waals surface area contributed by atoms with E-state index in [1.54, 1.807) is 11.3 Å². The van der Waals surface area contributed by atoms with Crippen LogP contribution < -0.4 is 10.1 Å². The van der Waals surface area contributed by atoms with Gasteiger partial charge in [0, 0.05) is 27.1 Å². The van der Waals surface area contributed by atoms with Crippen LogP contribution in [0.3, 0.4) is 0 Å². The number of fused-ring (bicyclic) bond motifs is 1. The molecule has 1 fully saturated rings. The Morgan fingerprint density at radius 3 is 2.73 bits per heavy atom. The summed E-state index contributed by atoms with van der Waals surface area (Å²) in [4.78, 5) is 28.0. The minimum absolute atomic E-state index is 0.226. The molecule has 1 aliphatic rings. The van der Waals surface area contributed by atoms with Gasteiger partial charge >= 0.3 is 0 Å². The van der Waals surface area contributed by atoms with Crippen molar-refractivity contribution < 1.29 is 18.7 Å². The third kappa shape index (κ3) is 4.64. The van der Waals surface area contributed by atoms with E-state index in [2.05, 4.69) is 10.3 Å². The third-order valence-corrected chi connectivity index (χ3v) is 7.63. The van der Waals surface area contributed by atoms with Crippen molar-refractivity contribution in [2.45, 2.75) is 25.0 Å². The molecule has 0 spiro atoms. The number of carbonyl (C=O) groups excluding carboxylic acids is 2. The maximum absolute atomic E-state index is 11.9. The molecular formula is C24H19ClN2O4S2. The fourth-order valence-corrected chi connectivity index (χ4v) is 5.65. The molecule has 0 saturated carbocycles. The van der Waals surface area contributed by atoms with Crippen molar-refractivity contribution in [2.24, 2.45) is 0 Å². The minimum Gasteiger partial charge on any atom is -0.493 e. The molecule has 9 heteroatoms. The smallest absolute Gasteiger partial charge is 0.286 e. The van der Waals surface area contributed by atoms with Gasteiger partial charge in [-0.15, -0.1) is 11.3 Å². The van der Waals surface area contributed by atoms with Gasteiger partial charge in [0.1, 0.15) is 11.5 Å². The molecule has 2 aromatic heterocycles. The second-order valence-electron chi connectivity index (χ2n) is 7.60. The Bertz CT molecular complexity index is 1350. The molecule has 1 aliphatic heterocycles. The normalized spacial score (nSPS) is 15.9. The monoisotopic (exact) mass is 498 g/mol. The fourth-order valence-electron chi connectivity index (χ4n) is 3.74. The van der Waals surface area contributed by atoms with E-state index in [4.69, 9.17) is 20.8 Å². The van der Waals surface area contributed by atoms with E-state index in [9.17, 15) is 9.59 Å². The Hall–Kier alpha value is -2.81. The summed E-state index contributed by atoms with van der Waals surface area (Å²) in [5.74, 6) is 1.89. The summed E-state index contributed by atoms with van der Waals surface area (Å²) in [5, 5.41) is 5.36. The highest BCUT2D eigenvalue weighted by atomic mass is 35.5. The number of halogens is 1. The van der Waals surface area contributed by atoms with Crippen molar-refractivity contribution in [1.29, 1.82) is 0 Å². The number of ether oxygens (including phenoxy) is 1. The second kappa shape index (κ2) is 9.21. The SMILES string of the molecule is Cc1oc(-c2ccc(Cl)cc2)nc1CCOc1ccc(CC2SC(=O)NC2=O)c2sccc12. The van der Waals surface area contributed by atoms with Gasteiger partial charge in [0.2, 0.25) is 11.8 Å². The quantitative estimate of drug-likeness (QED) is 0.335. The van der Waals surface area contributed by atoms with Gasteiger partial charge in [0.15, 0.2) is 0 Å². The molecule has 4 aromatic rings. The van der Waals surface area contributed by atoms with Crippen LogP contribution in [0.5, 0.6) is 5.75 Å². The summed E-state index contributed by atoms with van der Waals surface area (Å²) < 4.78 is 13.0.